The fraction of sp³-hybridized carbons (Fsp3) is 0.214. The van der Waals surface area contributed by atoms with Crippen molar-refractivity contribution < 1.29 is 4.39 Å². The van der Waals surface area contributed by atoms with E-state index < -0.39 is 0 Å². The number of rotatable bonds is 3. The minimum atomic E-state index is -0.357. The van der Waals surface area contributed by atoms with Gasteiger partial charge in [0, 0.05) is 29.4 Å². The van der Waals surface area contributed by atoms with Crippen molar-refractivity contribution in [2.75, 3.05) is 0 Å². The van der Waals surface area contributed by atoms with Crippen molar-refractivity contribution in [2.45, 2.75) is 19.4 Å². The molecule has 0 radical (unpaired) electrons. The molecule has 0 saturated carbocycles. The summed E-state index contributed by atoms with van der Waals surface area (Å²) < 4.78 is 12.9. The molecule has 0 amide bonds. The molecule has 1 unspecified atom stereocenters. The SMILES string of the molecule is Cc1ccc(CC(N)c2ccc(F)cc2Cl)nc1. The number of halogens is 2. The topological polar surface area (TPSA) is 38.9 Å². The van der Waals surface area contributed by atoms with Gasteiger partial charge in [0.2, 0.25) is 0 Å². The Morgan fingerprint density at radius 2 is 2.11 bits per heavy atom. The third-order valence-corrected chi connectivity index (χ3v) is 3.09. The van der Waals surface area contributed by atoms with E-state index in [1.807, 2.05) is 19.1 Å². The van der Waals surface area contributed by atoms with E-state index in [0.29, 0.717) is 11.4 Å². The van der Waals surface area contributed by atoms with Gasteiger partial charge in [-0.1, -0.05) is 23.7 Å². The van der Waals surface area contributed by atoms with E-state index in [-0.39, 0.29) is 11.9 Å². The Bertz CT molecular complexity index is 540. The zero-order chi connectivity index (χ0) is 13.1. The lowest BCUT2D eigenvalue weighted by molar-refractivity contribution is 0.624. The molecule has 1 atom stereocenters. The number of nitrogens with zero attached hydrogens (tertiary/aromatic N) is 1. The maximum absolute atomic E-state index is 12.9. The highest BCUT2D eigenvalue weighted by molar-refractivity contribution is 6.31. The second kappa shape index (κ2) is 5.46. The van der Waals surface area contributed by atoms with Crippen LogP contribution in [-0.4, -0.2) is 4.98 Å². The molecule has 0 spiro atoms. The van der Waals surface area contributed by atoms with E-state index in [1.165, 1.54) is 12.1 Å². The monoisotopic (exact) mass is 264 g/mol. The van der Waals surface area contributed by atoms with Crippen LogP contribution >= 0.6 is 11.6 Å². The largest absolute Gasteiger partial charge is 0.324 e. The van der Waals surface area contributed by atoms with Gasteiger partial charge in [-0.25, -0.2) is 4.39 Å². The molecule has 18 heavy (non-hydrogen) atoms. The van der Waals surface area contributed by atoms with Crippen molar-refractivity contribution in [3.05, 3.63) is 64.2 Å². The number of hydrogen-bond acceptors (Lipinski definition) is 2. The first kappa shape index (κ1) is 13.0. The molecule has 0 saturated heterocycles. The fourth-order valence-corrected chi connectivity index (χ4v) is 2.06. The number of aromatic nitrogens is 1. The summed E-state index contributed by atoms with van der Waals surface area (Å²) in [4.78, 5) is 4.29. The summed E-state index contributed by atoms with van der Waals surface area (Å²) in [5.74, 6) is -0.357. The Balaban J connectivity index is 2.16. The first-order valence-electron chi connectivity index (χ1n) is 5.68. The van der Waals surface area contributed by atoms with E-state index in [2.05, 4.69) is 4.98 Å². The molecule has 1 aromatic carbocycles. The number of hydrogen-bond donors (Lipinski definition) is 1. The maximum atomic E-state index is 12.9. The molecular formula is C14H14ClFN2. The minimum absolute atomic E-state index is 0.284. The number of benzene rings is 1. The zero-order valence-electron chi connectivity index (χ0n) is 10.0. The first-order chi connectivity index (χ1) is 8.56. The van der Waals surface area contributed by atoms with Crippen LogP contribution < -0.4 is 5.73 Å². The highest BCUT2D eigenvalue weighted by Gasteiger charge is 2.12. The van der Waals surface area contributed by atoms with Gasteiger partial charge in [0.05, 0.1) is 0 Å². The lowest BCUT2D eigenvalue weighted by Gasteiger charge is -2.13. The summed E-state index contributed by atoms with van der Waals surface area (Å²) in [5, 5.41) is 0.356. The van der Waals surface area contributed by atoms with Crippen molar-refractivity contribution in [1.29, 1.82) is 0 Å². The molecule has 2 nitrogen and oxygen atoms in total. The third-order valence-electron chi connectivity index (χ3n) is 2.76. The molecule has 1 aromatic heterocycles. The molecule has 0 bridgehead atoms. The first-order valence-corrected chi connectivity index (χ1v) is 6.06. The Labute approximate surface area is 111 Å². The van der Waals surface area contributed by atoms with E-state index in [9.17, 15) is 4.39 Å². The van der Waals surface area contributed by atoms with Gasteiger partial charge in [0.1, 0.15) is 5.82 Å². The van der Waals surface area contributed by atoms with Crippen LogP contribution in [0, 0.1) is 12.7 Å². The molecule has 1 heterocycles. The predicted octanol–water partition coefficient (Wildman–Crippen LogP) is 3.43. The number of aryl methyl sites for hydroxylation is 1. The average Bonchev–Trinajstić information content (AvgIpc) is 2.32. The minimum Gasteiger partial charge on any atom is -0.324 e. The Morgan fingerprint density at radius 3 is 2.72 bits per heavy atom. The fourth-order valence-electron chi connectivity index (χ4n) is 1.76. The van der Waals surface area contributed by atoms with Gasteiger partial charge in [-0.05, 0) is 36.2 Å². The van der Waals surface area contributed by atoms with Crippen LogP contribution in [0.5, 0.6) is 0 Å². The Kier molecular flexibility index (Phi) is 3.94. The molecule has 2 N–H and O–H groups in total. The van der Waals surface area contributed by atoms with Crippen molar-refractivity contribution in [3.8, 4) is 0 Å². The highest BCUT2D eigenvalue weighted by Crippen LogP contribution is 2.24. The van der Waals surface area contributed by atoms with Crippen molar-refractivity contribution in [2.24, 2.45) is 5.73 Å². The van der Waals surface area contributed by atoms with Crippen LogP contribution in [-0.2, 0) is 6.42 Å². The molecule has 94 valence electrons. The Hall–Kier alpha value is -1.45. The summed E-state index contributed by atoms with van der Waals surface area (Å²) in [6, 6.07) is 7.90. The van der Waals surface area contributed by atoms with Crippen molar-refractivity contribution >= 4 is 11.6 Å². The zero-order valence-corrected chi connectivity index (χ0v) is 10.8. The lowest BCUT2D eigenvalue weighted by Crippen LogP contribution is -2.14. The summed E-state index contributed by atoms with van der Waals surface area (Å²) >= 11 is 5.98. The van der Waals surface area contributed by atoms with Crippen LogP contribution in [0.4, 0.5) is 4.39 Å². The van der Waals surface area contributed by atoms with Crippen LogP contribution in [0.1, 0.15) is 22.9 Å². The van der Waals surface area contributed by atoms with Gasteiger partial charge in [-0.15, -0.1) is 0 Å². The molecule has 0 aliphatic rings. The van der Waals surface area contributed by atoms with Gasteiger partial charge in [-0.3, -0.25) is 4.98 Å². The molecule has 2 rings (SSSR count). The standard InChI is InChI=1S/C14H14ClFN2/c1-9-2-4-11(18-8-9)7-14(17)12-5-3-10(16)6-13(12)15/h2-6,8,14H,7,17H2,1H3. The Morgan fingerprint density at radius 1 is 1.33 bits per heavy atom. The summed E-state index contributed by atoms with van der Waals surface area (Å²) in [7, 11) is 0. The van der Waals surface area contributed by atoms with E-state index in [0.717, 1.165) is 16.8 Å². The number of pyridine rings is 1. The van der Waals surface area contributed by atoms with Crippen molar-refractivity contribution in [1.82, 2.24) is 4.98 Å². The normalized spacial score (nSPS) is 12.4. The smallest absolute Gasteiger partial charge is 0.124 e. The third kappa shape index (κ3) is 3.06. The summed E-state index contributed by atoms with van der Waals surface area (Å²) in [5.41, 5.74) is 8.81. The molecule has 4 heteroatoms. The van der Waals surface area contributed by atoms with Crippen LogP contribution in [0.15, 0.2) is 36.5 Å². The van der Waals surface area contributed by atoms with Gasteiger partial charge >= 0.3 is 0 Å². The van der Waals surface area contributed by atoms with Gasteiger partial charge in [0.15, 0.2) is 0 Å². The van der Waals surface area contributed by atoms with E-state index in [1.54, 1.807) is 12.3 Å². The number of nitrogens with two attached hydrogens (primary N) is 1. The lowest BCUT2D eigenvalue weighted by atomic mass is 10.0. The van der Waals surface area contributed by atoms with Gasteiger partial charge in [0.25, 0.3) is 0 Å². The van der Waals surface area contributed by atoms with E-state index in [4.69, 9.17) is 17.3 Å². The summed E-state index contributed by atoms with van der Waals surface area (Å²) in [6.45, 7) is 1.98. The molecule has 0 aliphatic carbocycles. The summed E-state index contributed by atoms with van der Waals surface area (Å²) in [6.07, 6.45) is 2.37. The second-order valence-electron chi connectivity index (χ2n) is 4.30. The molecule has 0 aliphatic heterocycles. The van der Waals surface area contributed by atoms with Crippen LogP contribution in [0.3, 0.4) is 0 Å². The second-order valence-corrected chi connectivity index (χ2v) is 4.71. The van der Waals surface area contributed by atoms with Crippen LogP contribution in [0.25, 0.3) is 0 Å². The molecule has 0 fully saturated rings. The van der Waals surface area contributed by atoms with Gasteiger partial charge < -0.3 is 5.73 Å². The molecule has 2 aromatic rings. The van der Waals surface area contributed by atoms with Crippen LogP contribution in [0.2, 0.25) is 5.02 Å². The van der Waals surface area contributed by atoms with E-state index >= 15 is 0 Å². The predicted molar refractivity (Wildman–Crippen MR) is 71.0 cm³/mol. The van der Waals surface area contributed by atoms with Crippen molar-refractivity contribution in [3.63, 3.8) is 0 Å². The maximum Gasteiger partial charge on any atom is 0.124 e. The van der Waals surface area contributed by atoms with Gasteiger partial charge in [-0.2, -0.15) is 0 Å². The molecular weight excluding hydrogens is 251 g/mol. The quantitative estimate of drug-likeness (QED) is 0.923. The highest BCUT2D eigenvalue weighted by atomic mass is 35.5. The average molecular weight is 265 g/mol.